The van der Waals surface area contributed by atoms with Crippen LogP contribution in [0.3, 0.4) is 0 Å². The van der Waals surface area contributed by atoms with E-state index in [1.165, 1.54) is 24.1 Å². The Labute approximate surface area is 165 Å². The Morgan fingerprint density at radius 1 is 1.19 bits per heavy atom. The molecule has 1 atom stereocenters. The van der Waals surface area contributed by atoms with Crippen LogP contribution < -0.4 is 4.90 Å². The maximum Gasteiger partial charge on any atom is 0.179 e. The Hall–Kier alpha value is -2.11. The van der Waals surface area contributed by atoms with Gasteiger partial charge in [0.2, 0.25) is 0 Å². The number of piperidine rings is 1. The van der Waals surface area contributed by atoms with E-state index in [-0.39, 0.29) is 0 Å². The van der Waals surface area contributed by atoms with Crippen molar-refractivity contribution < 1.29 is 0 Å². The number of halogens is 1. The lowest BCUT2D eigenvalue weighted by Crippen LogP contribution is -2.34. The average molecular weight is 384 g/mol. The highest BCUT2D eigenvalue weighted by Gasteiger charge is 2.25. The van der Waals surface area contributed by atoms with Crippen molar-refractivity contribution in [2.45, 2.75) is 32.2 Å². The van der Waals surface area contributed by atoms with E-state index in [0.717, 1.165) is 41.7 Å². The van der Waals surface area contributed by atoms with Gasteiger partial charge in [0.05, 0.1) is 11.4 Å². The van der Waals surface area contributed by atoms with Gasteiger partial charge in [-0.3, -0.25) is 4.90 Å². The predicted octanol–water partition coefficient (Wildman–Crippen LogP) is 4.14. The monoisotopic (exact) mass is 383 g/mol. The Morgan fingerprint density at radius 3 is 2.70 bits per heavy atom. The number of fused-ring (bicyclic) bond motifs is 1. The van der Waals surface area contributed by atoms with Gasteiger partial charge >= 0.3 is 0 Å². The molecule has 27 heavy (non-hydrogen) atoms. The average Bonchev–Trinajstić information content (AvgIpc) is 3.00. The second kappa shape index (κ2) is 7.49. The molecule has 0 bridgehead atoms. The van der Waals surface area contributed by atoms with Crippen molar-refractivity contribution in [2.75, 3.05) is 32.1 Å². The quantitative estimate of drug-likeness (QED) is 0.678. The molecule has 1 fully saturated rings. The van der Waals surface area contributed by atoms with E-state index in [1.54, 1.807) is 0 Å². The normalized spacial score (nSPS) is 18.1. The van der Waals surface area contributed by atoms with Gasteiger partial charge in [-0.25, -0.2) is 9.50 Å². The van der Waals surface area contributed by atoms with Crippen molar-refractivity contribution >= 4 is 22.9 Å². The summed E-state index contributed by atoms with van der Waals surface area (Å²) in [5.74, 6) is 0.464. The molecular formula is C21H26ClN5. The first kappa shape index (κ1) is 18.3. The number of benzene rings is 1. The van der Waals surface area contributed by atoms with E-state index in [9.17, 15) is 0 Å². The van der Waals surface area contributed by atoms with Crippen LogP contribution in [-0.4, -0.2) is 46.7 Å². The summed E-state index contributed by atoms with van der Waals surface area (Å²) in [4.78, 5) is 9.24. The first-order valence-corrected chi connectivity index (χ1v) is 9.89. The predicted molar refractivity (Wildman–Crippen MR) is 111 cm³/mol. The Kier molecular flexibility index (Phi) is 5.06. The van der Waals surface area contributed by atoms with Crippen molar-refractivity contribution in [3.05, 3.63) is 58.5 Å². The Bertz CT molecular complexity index is 932. The zero-order valence-electron chi connectivity index (χ0n) is 16.2. The van der Waals surface area contributed by atoms with E-state index in [0.29, 0.717) is 5.92 Å². The third-order valence-electron chi connectivity index (χ3n) is 5.38. The molecule has 1 aliphatic heterocycles. The van der Waals surface area contributed by atoms with Crippen molar-refractivity contribution in [3.63, 3.8) is 0 Å². The van der Waals surface area contributed by atoms with E-state index in [4.69, 9.17) is 16.7 Å². The third kappa shape index (κ3) is 3.66. The maximum atomic E-state index is 6.02. The van der Waals surface area contributed by atoms with Crippen LogP contribution in [0, 0.1) is 6.92 Å². The molecule has 0 N–H and O–H groups in total. The zero-order valence-corrected chi connectivity index (χ0v) is 16.9. The largest absolute Gasteiger partial charge is 0.373 e. The van der Waals surface area contributed by atoms with Crippen LogP contribution >= 0.6 is 11.6 Å². The molecule has 3 heterocycles. The van der Waals surface area contributed by atoms with Crippen LogP contribution in [0.15, 0.2) is 36.5 Å². The van der Waals surface area contributed by atoms with Crippen LogP contribution in [0.1, 0.15) is 35.7 Å². The molecule has 1 aromatic carbocycles. The summed E-state index contributed by atoms with van der Waals surface area (Å²) in [6.45, 7) is 5.19. The zero-order chi connectivity index (χ0) is 19.0. The molecule has 142 valence electrons. The summed E-state index contributed by atoms with van der Waals surface area (Å²) in [6.07, 6.45) is 4.31. The lowest BCUT2D eigenvalue weighted by atomic mass is 9.94. The molecule has 1 unspecified atom stereocenters. The molecule has 6 heteroatoms. The maximum absolute atomic E-state index is 6.02. The molecule has 0 spiro atoms. The second-order valence-corrected chi connectivity index (χ2v) is 8.07. The minimum Gasteiger partial charge on any atom is -0.373 e. The number of nitrogens with zero attached hydrogens (tertiary/aromatic N) is 5. The van der Waals surface area contributed by atoms with Gasteiger partial charge in [0.15, 0.2) is 5.65 Å². The molecule has 3 aromatic rings. The molecule has 4 rings (SSSR count). The highest BCUT2D eigenvalue weighted by atomic mass is 35.5. The molecule has 5 nitrogen and oxygen atoms in total. The van der Waals surface area contributed by atoms with Crippen LogP contribution in [-0.2, 0) is 6.54 Å². The third-order valence-corrected chi connectivity index (χ3v) is 5.63. The number of likely N-dealkylation sites (tertiary alicyclic amines) is 1. The van der Waals surface area contributed by atoms with Crippen molar-refractivity contribution in [1.29, 1.82) is 0 Å². The van der Waals surface area contributed by atoms with Gasteiger partial charge < -0.3 is 4.90 Å². The van der Waals surface area contributed by atoms with E-state index in [1.807, 2.05) is 32.4 Å². The van der Waals surface area contributed by atoms with Gasteiger partial charge in [-0.1, -0.05) is 23.7 Å². The summed E-state index contributed by atoms with van der Waals surface area (Å²) >= 11 is 6.02. The summed E-state index contributed by atoms with van der Waals surface area (Å²) < 4.78 is 2.06. The van der Waals surface area contributed by atoms with Crippen molar-refractivity contribution in [1.82, 2.24) is 19.5 Å². The Morgan fingerprint density at radius 2 is 1.96 bits per heavy atom. The lowest BCUT2D eigenvalue weighted by Gasteiger charge is -2.33. The first-order chi connectivity index (χ1) is 13.0. The molecule has 0 amide bonds. The van der Waals surface area contributed by atoms with E-state index in [2.05, 4.69) is 44.4 Å². The smallest absolute Gasteiger partial charge is 0.179 e. The summed E-state index contributed by atoms with van der Waals surface area (Å²) in [6, 6.07) is 10.3. The highest BCUT2D eigenvalue weighted by Crippen LogP contribution is 2.30. The summed E-state index contributed by atoms with van der Waals surface area (Å²) in [7, 11) is 4.10. The van der Waals surface area contributed by atoms with Crippen LogP contribution in [0.5, 0.6) is 0 Å². The summed E-state index contributed by atoms with van der Waals surface area (Å²) in [5.41, 5.74) is 5.64. The van der Waals surface area contributed by atoms with Gasteiger partial charge in [0.25, 0.3) is 0 Å². The topological polar surface area (TPSA) is 36.7 Å². The molecule has 2 aromatic heterocycles. The van der Waals surface area contributed by atoms with Crippen molar-refractivity contribution in [2.24, 2.45) is 0 Å². The SMILES string of the molecule is Cc1nn2c(C3CCCN(Cc4ccc(Cl)cc4)C3)ccnc2c1N(C)C. The molecule has 1 saturated heterocycles. The fraction of sp³-hybridized carbons (Fsp3) is 0.429. The molecule has 1 aliphatic rings. The number of rotatable bonds is 4. The van der Waals surface area contributed by atoms with Gasteiger partial charge in [-0.05, 0) is 50.1 Å². The lowest BCUT2D eigenvalue weighted by molar-refractivity contribution is 0.197. The van der Waals surface area contributed by atoms with Crippen LogP contribution in [0.4, 0.5) is 5.69 Å². The van der Waals surface area contributed by atoms with Crippen LogP contribution in [0.2, 0.25) is 5.02 Å². The highest BCUT2D eigenvalue weighted by molar-refractivity contribution is 6.30. The first-order valence-electron chi connectivity index (χ1n) is 9.51. The van der Waals surface area contributed by atoms with Gasteiger partial charge in [0, 0.05) is 44.3 Å². The van der Waals surface area contributed by atoms with Gasteiger partial charge in [0.1, 0.15) is 5.69 Å². The minimum atomic E-state index is 0.464. The number of hydrogen-bond donors (Lipinski definition) is 0. The van der Waals surface area contributed by atoms with Gasteiger partial charge in [-0.2, -0.15) is 5.10 Å². The Balaban J connectivity index is 1.59. The fourth-order valence-corrected chi connectivity index (χ4v) is 4.30. The molecule has 0 saturated carbocycles. The molecule has 0 aliphatic carbocycles. The molecular weight excluding hydrogens is 358 g/mol. The van der Waals surface area contributed by atoms with E-state index >= 15 is 0 Å². The van der Waals surface area contributed by atoms with Gasteiger partial charge in [-0.15, -0.1) is 0 Å². The second-order valence-electron chi connectivity index (χ2n) is 7.63. The molecule has 0 radical (unpaired) electrons. The van der Waals surface area contributed by atoms with Crippen molar-refractivity contribution in [3.8, 4) is 0 Å². The minimum absolute atomic E-state index is 0.464. The fourth-order valence-electron chi connectivity index (χ4n) is 4.18. The van der Waals surface area contributed by atoms with Crippen LogP contribution in [0.25, 0.3) is 5.65 Å². The summed E-state index contributed by atoms with van der Waals surface area (Å²) in [5, 5.41) is 5.60. The number of anilines is 1. The van der Waals surface area contributed by atoms with E-state index < -0.39 is 0 Å². The number of hydrogen-bond acceptors (Lipinski definition) is 4. The number of aromatic nitrogens is 3. The number of aryl methyl sites for hydroxylation is 1. The standard InChI is InChI=1S/C21H26ClN5/c1-15-20(25(2)3)21-23-11-10-19(27(21)24-15)17-5-4-12-26(14-17)13-16-6-8-18(22)9-7-16/h6-11,17H,4-5,12-14H2,1-3H3.